The standard InChI is InChI=1S/C25H27FN4O2S/c1-17-7-12-30-25-20(17)3-2-4-24(25)29(33(30,31)32)14-13-28-10-8-18(9-11-28)22-16-27-23-15-19(26)5-6-21(22)23/h2-6,8,15-17,27H,7,9-14H2,1H3. The maximum Gasteiger partial charge on any atom is 0.326 e. The molecule has 0 bridgehead atoms. The molecule has 0 saturated carbocycles. The van der Waals surface area contributed by atoms with Crippen molar-refractivity contribution in [3.8, 4) is 0 Å². The number of nitrogens with one attached hydrogen (secondary N) is 1. The van der Waals surface area contributed by atoms with Crippen LogP contribution in [-0.4, -0.2) is 51.0 Å². The first-order valence-corrected chi connectivity index (χ1v) is 12.9. The van der Waals surface area contributed by atoms with Crippen LogP contribution in [0.3, 0.4) is 0 Å². The largest absolute Gasteiger partial charge is 0.360 e. The fourth-order valence-corrected chi connectivity index (χ4v) is 7.17. The Kier molecular flexibility index (Phi) is 4.78. The monoisotopic (exact) mass is 466 g/mol. The van der Waals surface area contributed by atoms with E-state index in [0.29, 0.717) is 25.6 Å². The van der Waals surface area contributed by atoms with Crippen LogP contribution in [0.15, 0.2) is 48.7 Å². The Labute approximate surface area is 193 Å². The Morgan fingerprint density at radius 1 is 1.15 bits per heavy atom. The van der Waals surface area contributed by atoms with Crippen molar-refractivity contribution in [2.75, 3.05) is 41.3 Å². The second kappa shape index (κ2) is 7.60. The molecule has 0 radical (unpaired) electrons. The minimum absolute atomic E-state index is 0.242. The summed E-state index contributed by atoms with van der Waals surface area (Å²) in [6.45, 7) is 5.47. The van der Waals surface area contributed by atoms with E-state index in [9.17, 15) is 12.8 Å². The predicted octanol–water partition coefficient (Wildman–Crippen LogP) is 4.47. The fourth-order valence-electron chi connectivity index (χ4n) is 5.46. The number of rotatable bonds is 4. The van der Waals surface area contributed by atoms with Crippen molar-refractivity contribution < 1.29 is 12.8 Å². The fraction of sp³-hybridized carbons (Fsp3) is 0.360. The van der Waals surface area contributed by atoms with Crippen molar-refractivity contribution in [2.45, 2.75) is 25.7 Å². The van der Waals surface area contributed by atoms with E-state index in [1.807, 2.05) is 24.4 Å². The molecule has 3 aromatic rings. The Balaban J connectivity index is 1.19. The lowest BCUT2D eigenvalue weighted by Crippen LogP contribution is -2.43. The number of anilines is 2. The quantitative estimate of drug-likeness (QED) is 0.617. The van der Waals surface area contributed by atoms with Crippen molar-refractivity contribution in [1.29, 1.82) is 0 Å². The van der Waals surface area contributed by atoms with Gasteiger partial charge in [0.25, 0.3) is 0 Å². The number of benzene rings is 2. The van der Waals surface area contributed by atoms with Crippen LogP contribution in [0, 0.1) is 5.82 Å². The van der Waals surface area contributed by atoms with Gasteiger partial charge in [-0.05, 0) is 54.2 Å². The number of H-pyrrole nitrogens is 1. The first-order chi connectivity index (χ1) is 15.9. The van der Waals surface area contributed by atoms with Gasteiger partial charge in [-0.2, -0.15) is 8.42 Å². The highest BCUT2D eigenvalue weighted by Crippen LogP contribution is 2.48. The van der Waals surface area contributed by atoms with Crippen LogP contribution in [0.4, 0.5) is 15.8 Å². The Morgan fingerprint density at radius 2 is 2.03 bits per heavy atom. The molecule has 0 fully saturated rings. The summed E-state index contributed by atoms with van der Waals surface area (Å²) in [6, 6.07) is 10.8. The zero-order chi connectivity index (χ0) is 22.7. The third-order valence-corrected chi connectivity index (χ3v) is 9.18. The van der Waals surface area contributed by atoms with Gasteiger partial charge in [0.1, 0.15) is 5.82 Å². The van der Waals surface area contributed by atoms with Crippen LogP contribution in [0.1, 0.15) is 36.8 Å². The van der Waals surface area contributed by atoms with E-state index in [-0.39, 0.29) is 5.82 Å². The van der Waals surface area contributed by atoms with Crippen molar-refractivity contribution in [2.24, 2.45) is 0 Å². The molecule has 0 amide bonds. The smallest absolute Gasteiger partial charge is 0.326 e. The number of hydrogen-bond donors (Lipinski definition) is 1. The molecule has 8 heteroatoms. The Hall–Kier alpha value is -2.84. The van der Waals surface area contributed by atoms with Gasteiger partial charge in [-0.3, -0.25) is 9.21 Å². The molecule has 1 N–H and O–H groups in total. The highest BCUT2D eigenvalue weighted by atomic mass is 32.2. The molecule has 0 saturated heterocycles. The lowest BCUT2D eigenvalue weighted by molar-refractivity contribution is 0.311. The van der Waals surface area contributed by atoms with Crippen LogP contribution >= 0.6 is 0 Å². The topological polar surface area (TPSA) is 59.6 Å². The average Bonchev–Trinajstić information content (AvgIpc) is 3.31. The summed E-state index contributed by atoms with van der Waals surface area (Å²) in [5, 5.41) is 1.03. The highest BCUT2D eigenvalue weighted by molar-refractivity contribution is 7.94. The zero-order valence-corrected chi connectivity index (χ0v) is 19.4. The number of aromatic nitrogens is 1. The molecule has 6 rings (SSSR count). The maximum atomic E-state index is 13.5. The van der Waals surface area contributed by atoms with Crippen molar-refractivity contribution in [1.82, 2.24) is 9.88 Å². The maximum absolute atomic E-state index is 13.5. The zero-order valence-electron chi connectivity index (χ0n) is 18.6. The minimum atomic E-state index is -3.52. The van der Waals surface area contributed by atoms with Crippen molar-refractivity contribution >= 4 is 38.1 Å². The summed E-state index contributed by atoms with van der Waals surface area (Å²) in [7, 11) is -3.52. The summed E-state index contributed by atoms with van der Waals surface area (Å²) >= 11 is 0. The number of aromatic amines is 1. The third-order valence-electron chi connectivity index (χ3n) is 7.32. The summed E-state index contributed by atoms with van der Waals surface area (Å²) < 4.78 is 43.3. The van der Waals surface area contributed by atoms with E-state index >= 15 is 0 Å². The summed E-state index contributed by atoms with van der Waals surface area (Å²) in [6.07, 6.45) is 5.89. The van der Waals surface area contributed by atoms with Crippen LogP contribution < -0.4 is 8.61 Å². The first kappa shape index (κ1) is 20.7. The highest BCUT2D eigenvalue weighted by Gasteiger charge is 2.44. The molecule has 1 unspecified atom stereocenters. The molecule has 4 heterocycles. The second-order valence-corrected chi connectivity index (χ2v) is 11.0. The number of fused-ring (bicyclic) bond motifs is 1. The lowest BCUT2D eigenvalue weighted by atomic mass is 9.92. The second-order valence-electron chi connectivity index (χ2n) is 9.23. The van der Waals surface area contributed by atoms with Crippen LogP contribution in [0.5, 0.6) is 0 Å². The van der Waals surface area contributed by atoms with Gasteiger partial charge in [-0.15, -0.1) is 0 Å². The van der Waals surface area contributed by atoms with E-state index in [1.165, 1.54) is 17.7 Å². The summed E-state index contributed by atoms with van der Waals surface area (Å²) in [5.41, 5.74) is 6.01. The van der Waals surface area contributed by atoms with Crippen LogP contribution in [-0.2, 0) is 10.2 Å². The van der Waals surface area contributed by atoms with Crippen molar-refractivity contribution in [3.05, 3.63) is 65.6 Å². The van der Waals surface area contributed by atoms with E-state index in [1.54, 1.807) is 8.61 Å². The molecule has 2 aromatic carbocycles. The van der Waals surface area contributed by atoms with Gasteiger partial charge in [-0.1, -0.05) is 25.1 Å². The van der Waals surface area contributed by atoms with Gasteiger partial charge < -0.3 is 4.98 Å². The molecule has 0 aliphatic carbocycles. The first-order valence-electron chi connectivity index (χ1n) is 11.5. The van der Waals surface area contributed by atoms with E-state index in [2.05, 4.69) is 29.0 Å². The predicted molar refractivity (Wildman–Crippen MR) is 130 cm³/mol. The average molecular weight is 467 g/mol. The van der Waals surface area contributed by atoms with Gasteiger partial charge in [0.2, 0.25) is 0 Å². The van der Waals surface area contributed by atoms with Gasteiger partial charge in [0.15, 0.2) is 0 Å². The summed E-state index contributed by atoms with van der Waals surface area (Å²) in [5.74, 6) is 0.131. The van der Waals surface area contributed by atoms with Crippen molar-refractivity contribution in [3.63, 3.8) is 0 Å². The Bertz CT molecular complexity index is 1380. The molecule has 1 aromatic heterocycles. The van der Waals surface area contributed by atoms with Crippen LogP contribution in [0.2, 0.25) is 0 Å². The number of nitrogens with zero attached hydrogens (tertiary/aromatic N) is 3. The van der Waals surface area contributed by atoms with E-state index < -0.39 is 10.2 Å². The third kappa shape index (κ3) is 3.27. The van der Waals surface area contributed by atoms with E-state index in [4.69, 9.17) is 0 Å². The molecule has 3 aliphatic heterocycles. The number of halogens is 1. The number of hydrogen-bond acceptors (Lipinski definition) is 3. The molecule has 33 heavy (non-hydrogen) atoms. The van der Waals surface area contributed by atoms with Gasteiger partial charge in [-0.25, -0.2) is 8.70 Å². The molecule has 172 valence electrons. The minimum Gasteiger partial charge on any atom is -0.360 e. The molecule has 6 nitrogen and oxygen atoms in total. The van der Waals surface area contributed by atoms with Gasteiger partial charge in [0, 0.05) is 55.4 Å². The molecule has 3 aliphatic rings. The van der Waals surface area contributed by atoms with E-state index in [0.717, 1.165) is 59.3 Å². The summed E-state index contributed by atoms with van der Waals surface area (Å²) in [4.78, 5) is 5.46. The lowest BCUT2D eigenvalue weighted by Gasteiger charge is -2.30. The van der Waals surface area contributed by atoms with Gasteiger partial charge >= 0.3 is 10.2 Å². The SMILES string of the molecule is CC1CCN2c3c1cccc3N(CCN1CC=C(c3c[nH]c4cc(F)ccc34)CC1)S2(=O)=O. The number of para-hydroxylation sites is 1. The van der Waals surface area contributed by atoms with Crippen LogP contribution in [0.25, 0.3) is 16.5 Å². The molecular formula is C25H27FN4O2S. The molecule has 0 spiro atoms. The molecule has 1 atom stereocenters. The molecular weight excluding hydrogens is 439 g/mol. The normalized spacial score (nSPS) is 22.0. The van der Waals surface area contributed by atoms with Gasteiger partial charge in [0.05, 0.1) is 11.4 Å². The Morgan fingerprint density at radius 3 is 2.85 bits per heavy atom.